The number of aromatic nitrogens is 1. The molecule has 0 spiro atoms. The number of hydrogen-bond donors (Lipinski definition) is 2. The first-order valence-electron chi connectivity index (χ1n) is 7.27. The molecule has 0 aliphatic heterocycles. The van der Waals surface area contributed by atoms with Gasteiger partial charge in [-0.1, -0.05) is 29.0 Å². The summed E-state index contributed by atoms with van der Waals surface area (Å²) in [6.45, 7) is 4.40. The highest BCUT2D eigenvalue weighted by molar-refractivity contribution is 7.22. The van der Waals surface area contributed by atoms with Crippen LogP contribution < -0.4 is 15.8 Å². The number of ether oxygens (including phenoxy) is 1. The van der Waals surface area contributed by atoms with Crippen LogP contribution in [0.15, 0.2) is 36.4 Å². The van der Waals surface area contributed by atoms with E-state index in [4.69, 9.17) is 10.5 Å². The van der Waals surface area contributed by atoms with Gasteiger partial charge < -0.3 is 15.8 Å². The standard InChI is InChI=1S/C17H17N3O2S/c1-3-22-13-8-12(9-14-15(13)20-17(18)23-14)19-16(21)11-6-4-10(2)5-7-11/h4-9H,3H2,1-2H3,(H2,18,20)(H,19,21). The summed E-state index contributed by atoms with van der Waals surface area (Å²) in [7, 11) is 0. The Labute approximate surface area is 138 Å². The Kier molecular flexibility index (Phi) is 4.16. The minimum Gasteiger partial charge on any atom is -0.491 e. The number of nitrogens with zero attached hydrogens (tertiary/aromatic N) is 1. The Morgan fingerprint density at radius 2 is 2.04 bits per heavy atom. The molecule has 2 aromatic carbocycles. The highest BCUT2D eigenvalue weighted by Gasteiger charge is 2.12. The number of aryl methyl sites for hydroxylation is 1. The van der Waals surface area contributed by atoms with Crippen molar-refractivity contribution in [2.24, 2.45) is 0 Å². The second-order valence-electron chi connectivity index (χ2n) is 5.13. The van der Waals surface area contributed by atoms with Gasteiger partial charge in [-0.15, -0.1) is 0 Å². The van der Waals surface area contributed by atoms with Gasteiger partial charge in [-0.2, -0.15) is 0 Å². The summed E-state index contributed by atoms with van der Waals surface area (Å²) in [6.07, 6.45) is 0. The number of fused-ring (bicyclic) bond motifs is 1. The molecule has 0 bridgehead atoms. The summed E-state index contributed by atoms with van der Waals surface area (Å²) >= 11 is 1.37. The number of carbonyl (C=O) groups excluding carboxylic acids is 1. The van der Waals surface area contributed by atoms with Gasteiger partial charge >= 0.3 is 0 Å². The van der Waals surface area contributed by atoms with Gasteiger partial charge in [0.15, 0.2) is 5.13 Å². The average Bonchev–Trinajstić information content (AvgIpc) is 2.88. The van der Waals surface area contributed by atoms with Gasteiger partial charge in [0, 0.05) is 17.3 Å². The van der Waals surface area contributed by atoms with Gasteiger partial charge in [0.25, 0.3) is 5.91 Å². The summed E-state index contributed by atoms with van der Waals surface area (Å²) in [4.78, 5) is 16.6. The number of rotatable bonds is 4. The summed E-state index contributed by atoms with van der Waals surface area (Å²) in [5.74, 6) is 0.460. The molecule has 23 heavy (non-hydrogen) atoms. The lowest BCUT2D eigenvalue weighted by atomic mass is 10.1. The fourth-order valence-corrected chi connectivity index (χ4v) is 3.05. The van der Waals surface area contributed by atoms with E-state index in [1.54, 1.807) is 18.2 Å². The van der Waals surface area contributed by atoms with Crippen molar-refractivity contribution in [1.82, 2.24) is 4.98 Å². The van der Waals surface area contributed by atoms with Crippen LogP contribution in [-0.2, 0) is 0 Å². The molecule has 118 valence electrons. The van der Waals surface area contributed by atoms with Gasteiger partial charge in [-0.3, -0.25) is 4.79 Å². The summed E-state index contributed by atoms with van der Waals surface area (Å²) in [5.41, 5.74) is 8.89. The molecule has 0 saturated heterocycles. The van der Waals surface area contributed by atoms with Crippen molar-refractivity contribution in [2.45, 2.75) is 13.8 Å². The Hall–Kier alpha value is -2.60. The Morgan fingerprint density at radius 3 is 2.74 bits per heavy atom. The van der Waals surface area contributed by atoms with Gasteiger partial charge in [0.2, 0.25) is 0 Å². The fraction of sp³-hybridized carbons (Fsp3) is 0.176. The second kappa shape index (κ2) is 6.26. The molecule has 0 fully saturated rings. The molecular formula is C17H17N3O2S. The predicted octanol–water partition coefficient (Wildman–Crippen LogP) is 3.84. The molecule has 0 aliphatic rings. The van der Waals surface area contributed by atoms with Crippen molar-refractivity contribution >= 4 is 38.3 Å². The maximum atomic E-state index is 12.3. The number of nitrogens with one attached hydrogen (secondary N) is 1. The zero-order valence-electron chi connectivity index (χ0n) is 12.9. The zero-order valence-corrected chi connectivity index (χ0v) is 13.7. The van der Waals surface area contributed by atoms with Crippen LogP contribution in [0.3, 0.4) is 0 Å². The third-order valence-electron chi connectivity index (χ3n) is 3.35. The predicted molar refractivity (Wildman–Crippen MR) is 94.3 cm³/mol. The van der Waals surface area contributed by atoms with E-state index in [0.29, 0.717) is 28.7 Å². The maximum absolute atomic E-state index is 12.3. The first-order chi connectivity index (χ1) is 11.1. The quantitative estimate of drug-likeness (QED) is 0.763. The number of hydrogen-bond acceptors (Lipinski definition) is 5. The number of anilines is 2. The van der Waals surface area contributed by atoms with Crippen molar-refractivity contribution in [1.29, 1.82) is 0 Å². The van der Waals surface area contributed by atoms with E-state index in [2.05, 4.69) is 10.3 Å². The molecule has 1 amide bonds. The molecule has 5 nitrogen and oxygen atoms in total. The van der Waals surface area contributed by atoms with Crippen molar-refractivity contribution in [3.63, 3.8) is 0 Å². The zero-order chi connectivity index (χ0) is 16.4. The summed E-state index contributed by atoms with van der Waals surface area (Å²) in [5, 5.41) is 3.37. The topological polar surface area (TPSA) is 77.2 Å². The maximum Gasteiger partial charge on any atom is 0.255 e. The SMILES string of the molecule is CCOc1cc(NC(=O)c2ccc(C)cc2)cc2sc(N)nc12. The van der Waals surface area contributed by atoms with Crippen LogP contribution in [0.2, 0.25) is 0 Å². The third kappa shape index (κ3) is 3.27. The average molecular weight is 327 g/mol. The highest BCUT2D eigenvalue weighted by atomic mass is 32.1. The molecule has 3 N–H and O–H groups in total. The van der Waals surface area contributed by atoms with Crippen LogP contribution in [0.4, 0.5) is 10.8 Å². The van der Waals surface area contributed by atoms with E-state index in [-0.39, 0.29) is 5.91 Å². The highest BCUT2D eigenvalue weighted by Crippen LogP contribution is 2.34. The number of nitrogens with two attached hydrogens (primary N) is 1. The number of amides is 1. The molecule has 0 atom stereocenters. The first kappa shape index (κ1) is 15.3. The van der Waals surface area contributed by atoms with Crippen molar-refractivity contribution in [2.75, 3.05) is 17.7 Å². The number of thiazole rings is 1. The number of carbonyl (C=O) groups is 1. The van der Waals surface area contributed by atoms with Crippen LogP contribution in [-0.4, -0.2) is 17.5 Å². The van der Waals surface area contributed by atoms with E-state index < -0.39 is 0 Å². The molecular weight excluding hydrogens is 310 g/mol. The van der Waals surface area contributed by atoms with E-state index in [1.165, 1.54) is 11.3 Å². The Morgan fingerprint density at radius 1 is 1.30 bits per heavy atom. The molecule has 6 heteroatoms. The van der Waals surface area contributed by atoms with Crippen LogP contribution in [0.5, 0.6) is 5.75 Å². The van der Waals surface area contributed by atoms with Gasteiger partial charge in [0.05, 0.1) is 11.3 Å². The molecule has 0 saturated carbocycles. The van der Waals surface area contributed by atoms with Crippen LogP contribution in [0.25, 0.3) is 10.2 Å². The minimum atomic E-state index is -0.163. The molecule has 3 rings (SSSR count). The molecule has 0 unspecified atom stereocenters. The lowest BCUT2D eigenvalue weighted by Crippen LogP contribution is -2.11. The fourth-order valence-electron chi connectivity index (χ4n) is 2.26. The largest absolute Gasteiger partial charge is 0.491 e. The van der Waals surface area contributed by atoms with E-state index >= 15 is 0 Å². The lowest BCUT2D eigenvalue weighted by Gasteiger charge is -2.09. The number of nitrogen functional groups attached to an aromatic ring is 1. The third-order valence-corrected chi connectivity index (χ3v) is 4.18. The van der Waals surface area contributed by atoms with E-state index in [0.717, 1.165) is 15.8 Å². The Balaban J connectivity index is 1.92. The molecule has 1 aromatic heterocycles. The summed E-state index contributed by atoms with van der Waals surface area (Å²) in [6, 6.07) is 11.1. The monoisotopic (exact) mass is 327 g/mol. The van der Waals surface area contributed by atoms with Gasteiger partial charge in [-0.25, -0.2) is 4.98 Å². The van der Waals surface area contributed by atoms with Crippen molar-refractivity contribution < 1.29 is 9.53 Å². The number of benzene rings is 2. The molecule has 3 aromatic rings. The second-order valence-corrected chi connectivity index (χ2v) is 6.19. The smallest absolute Gasteiger partial charge is 0.255 e. The van der Waals surface area contributed by atoms with E-state index in [1.807, 2.05) is 32.0 Å². The van der Waals surface area contributed by atoms with E-state index in [9.17, 15) is 4.79 Å². The molecule has 1 heterocycles. The Bertz CT molecular complexity index is 856. The first-order valence-corrected chi connectivity index (χ1v) is 8.09. The van der Waals surface area contributed by atoms with Crippen LogP contribution in [0, 0.1) is 6.92 Å². The van der Waals surface area contributed by atoms with Crippen LogP contribution >= 0.6 is 11.3 Å². The minimum absolute atomic E-state index is 0.163. The van der Waals surface area contributed by atoms with Gasteiger partial charge in [0.1, 0.15) is 11.3 Å². The molecule has 0 radical (unpaired) electrons. The lowest BCUT2D eigenvalue weighted by molar-refractivity contribution is 0.102. The van der Waals surface area contributed by atoms with Crippen molar-refractivity contribution in [3.05, 3.63) is 47.5 Å². The summed E-state index contributed by atoms with van der Waals surface area (Å²) < 4.78 is 6.50. The van der Waals surface area contributed by atoms with Gasteiger partial charge in [-0.05, 0) is 32.0 Å². The van der Waals surface area contributed by atoms with Crippen molar-refractivity contribution in [3.8, 4) is 5.75 Å². The normalized spacial score (nSPS) is 10.7. The van der Waals surface area contributed by atoms with Crippen LogP contribution in [0.1, 0.15) is 22.8 Å². The molecule has 0 aliphatic carbocycles.